The summed E-state index contributed by atoms with van der Waals surface area (Å²) in [5.74, 6) is -0.785. The Kier molecular flexibility index (Phi) is 17.0. The Morgan fingerprint density at radius 3 is 2.07 bits per heavy atom. The normalized spacial score (nSPS) is 13.7. The van der Waals surface area contributed by atoms with E-state index >= 15 is 0 Å². The van der Waals surface area contributed by atoms with Crippen LogP contribution in [0.5, 0.6) is 11.5 Å². The summed E-state index contributed by atoms with van der Waals surface area (Å²) in [6.45, 7) is 17.3. The molecule has 0 spiro atoms. The summed E-state index contributed by atoms with van der Waals surface area (Å²) in [5.41, 5.74) is 3.26. The van der Waals surface area contributed by atoms with Gasteiger partial charge in [0.1, 0.15) is 36.4 Å². The number of hydrogen-bond donors (Lipinski definition) is 3. The zero-order valence-corrected chi connectivity index (χ0v) is 35.0. The minimum absolute atomic E-state index is 0.0646. The second kappa shape index (κ2) is 20.0. The zero-order valence-electron chi connectivity index (χ0n) is 33.4. The van der Waals surface area contributed by atoms with Gasteiger partial charge in [0.25, 0.3) is 0 Å². The Morgan fingerprint density at radius 1 is 0.911 bits per heavy atom. The van der Waals surface area contributed by atoms with Crippen molar-refractivity contribution in [3.63, 3.8) is 0 Å². The number of ether oxygens (including phenoxy) is 4. The molecule has 0 saturated heterocycles. The van der Waals surface area contributed by atoms with Gasteiger partial charge in [0, 0.05) is 21.8 Å². The smallest absolute Gasteiger partial charge is 0.419 e. The van der Waals surface area contributed by atoms with Gasteiger partial charge in [-0.15, -0.1) is 0 Å². The van der Waals surface area contributed by atoms with Crippen LogP contribution in [0.4, 0.5) is 33.0 Å². The van der Waals surface area contributed by atoms with Crippen LogP contribution in [0.15, 0.2) is 53.1 Å². The number of carbonyl (C=O) groups is 2. The van der Waals surface area contributed by atoms with E-state index in [1.165, 1.54) is 12.1 Å². The third-order valence-electron chi connectivity index (χ3n) is 7.59. The molecule has 0 aliphatic carbocycles. The van der Waals surface area contributed by atoms with E-state index in [2.05, 4.69) is 56.2 Å². The highest BCUT2D eigenvalue weighted by Crippen LogP contribution is 2.40. The first-order valence-electron chi connectivity index (χ1n) is 17.7. The molecule has 11 nitrogen and oxygen atoms in total. The Bertz CT molecular complexity index is 1840. The van der Waals surface area contributed by atoms with E-state index < -0.39 is 58.0 Å². The minimum Gasteiger partial charge on any atom is -0.491 e. The molecule has 3 rings (SSSR count). The molecule has 1 aromatic heterocycles. The molecule has 0 fully saturated rings. The molecule has 0 saturated carbocycles. The van der Waals surface area contributed by atoms with Crippen LogP contribution in [0.25, 0.3) is 11.1 Å². The number of alkyl carbamates (subject to hydrolysis) is 1. The first kappa shape index (κ1) is 47.5. The van der Waals surface area contributed by atoms with Crippen molar-refractivity contribution in [3.05, 3.63) is 70.1 Å². The number of hydrogen-bond acceptors (Lipinski definition) is 9. The average Bonchev–Trinajstić information content (AvgIpc) is 3.05. The molecule has 2 atom stereocenters. The van der Waals surface area contributed by atoms with Crippen LogP contribution in [-0.4, -0.2) is 54.2 Å². The Morgan fingerprint density at radius 2 is 1.52 bits per heavy atom. The number of rotatable bonds is 13. The van der Waals surface area contributed by atoms with Crippen LogP contribution < -0.4 is 25.8 Å². The Balaban J connectivity index is 0.000000396. The maximum Gasteiger partial charge on any atom is 0.419 e. The second-order valence-electron chi connectivity index (χ2n) is 15.7. The number of aromatic nitrogens is 1. The van der Waals surface area contributed by atoms with Gasteiger partial charge >= 0.3 is 18.4 Å². The lowest BCUT2D eigenvalue weighted by Gasteiger charge is -2.33. The maximum atomic E-state index is 14.7. The molecule has 3 aromatic rings. The lowest BCUT2D eigenvalue weighted by Crippen LogP contribution is -2.52. The summed E-state index contributed by atoms with van der Waals surface area (Å²) in [6.07, 6.45) is -3.75. The van der Waals surface area contributed by atoms with Crippen LogP contribution in [0.3, 0.4) is 0 Å². The number of anilines is 1. The highest BCUT2D eigenvalue weighted by molar-refractivity contribution is 9.10. The lowest BCUT2D eigenvalue weighted by atomic mass is 9.91. The quantitative estimate of drug-likeness (QED) is 0.142. The molecule has 2 amide bonds. The summed E-state index contributed by atoms with van der Waals surface area (Å²) >= 11 is 3.34. The highest BCUT2D eigenvalue weighted by Gasteiger charge is 2.36. The predicted molar refractivity (Wildman–Crippen MR) is 210 cm³/mol. The number of nitriles is 1. The number of halogens is 5. The van der Waals surface area contributed by atoms with Crippen molar-refractivity contribution < 1.29 is 46.1 Å². The van der Waals surface area contributed by atoms with Crippen LogP contribution in [0.2, 0.25) is 0 Å². The van der Waals surface area contributed by atoms with Crippen molar-refractivity contribution in [2.24, 2.45) is 17.6 Å². The molecular formula is C40H52BrF4N5O6. The molecule has 308 valence electrons. The molecular weight excluding hydrogens is 802 g/mol. The molecule has 0 bridgehead atoms. The van der Waals surface area contributed by atoms with Gasteiger partial charge < -0.3 is 30.0 Å². The van der Waals surface area contributed by atoms with Crippen molar-refractivity contribution >= 4 is 33.9 Å². The number of pyridine rings is 1. The van der Waals surface area contributed by atoms with E-state index in [4.69, 9.17) is 19.9 Å². The summed E-state index contributed by atoms with van der Waals surface area (Å²) in [4.78, 5) is 27.2. The van der Waals surface area contributed by atoms with Gasteiger partial charge in [-0.3, -0.25) is 5.32 Å². The standard InChI is InChI=1S/C21H25F4N3O3.C19H27BrN2O3/c1-12(2)10-20(3,26)11-31-16-6-5-13(9-15(16)21(23,24)25)14-7-8-27-18(17(14)22)28-19(29)30-4;1-13(2)10-19(6,22-17(23)25-18(3,4)5)12-24-16-8-7-15(20)9-14(16)11-21/h5-9,12H,10-11,26H2,1-4H3,(H,27,28,29);7-9,13H,10,12H2,1-6H3,(H,22,23)/t20-;19-/m00/s1. The minimum atomic E-state index is -4.75. The Labute approximate surface area is 334 Å². The van der Waals surface area contributed by atoms with E-state index in [1.54, 1.807) is 19.1 Å². The summed E-state index contributed by atoms with van der Waals surface area (Å²) in [5, 5.41) is 14.2. The number of carbonyl (C=O) groups excluding carboxylic acids is 2. The molecule has 2 aromatic carbocycles. The monoisotopic (exact) mass is 853 g/mol. The third kappa shape index (κ3) is 15.9. The molecule has 0 aliphatic rings. The summed E-state index contributed by atoms with van der Waals surface area (Å²) in [6, 6.07) is 11.8. The van der Waals surface area contributed by atoms with Crippen LogP contribution in [0.1, 0.15) is 86.3 Å². The van der Waals surface area contributed by atoms with E-state index in [0.717, 1.165) is 29.9 Å². The molecule has 0 aliphatic heterocycles. The SMILES string of the molecule is CC(C)C[C@@](C)(COc1ccc(Br)cc1C#N)NC(=O)OC(C)(C)C.COC(=O)Nc1nccc(-c2ccc(OC[C@@](C)(N)CC(C)C)c(C(F)(F)F)c2)c1F. The molecule has 0 unspecified atom stereocenters. The van der Waals surface area contributed by atoms with Crippen LogP contribution >= 0.6 is 15.9 Å². The van der Waals surface area contributed by atoms with Gasteiger partial charge in [0.05, 0.1) is 23.8 Å². The molecule has 56 heavy (non-hydrogen) atoms. The Hall–Kier alpha value is -4.62. The average molecular weight is 855 g/mol. The van der Waals surface area contributed by atoms with Crippen LogP contribution in [0, 0.1) is 29.0 Å². The fourth-order valence-electron chi connectivity index (χ4n) is 5.73. The van der Waals surface area contributed by atoms with Gasteiger partial charge in [-0.1, -0.05) is 49.7 Å². The van der Waals surface area contributed by atoms with Crippen molar-refractivity contribution in [1.29, 1.82) is 5.26 Å². The molecule has 16 heteroatoms. The van der Waals surface area contributed by atoms with Crippen LogP contribution in [-0.2, 0) is 15.7 Å². The maximum absolute atomic E-state index is 14.7. The number of benzene rings is 2. The van der Waals surface area contributed by atoms with E-state index in [9.17, 15) is 32.4 Å². The number of nitrogens with zero attached hydrogens (tertiary/aromatic N) is 2. The van der Waals surface area contributed by atoms with E-state index in [1.807, 2.05) is 47.6 Å². The fraction of sp³-hybridized carbons (Fsp3) is 0.500. The first-order valence-corrected chi connectivity index (χ1v) is 18.5. The van der Waals surface area contributed by atoms with Gasteiger partial charge in [-0.05, 0) is 101 Å². The number of alkyl halides is 3. The first-order chi connectivity index (χ1) is 25.8. The summed E-state index contributed by atoms with van der Waals surface area (Å²) in [7, 11) is 1.08. The van der Waals surface area contributed by atoms with Crippen molar-refractivity contribution in [1.82, 2.24) is 10.3 Å². The third-order valence-corrected chi connectivity index (χ3v) is 8.09. The van der Waals surface area contributed by atoms with Crippen molar-refractivity contribution in [2.75, 3.05) is 25.6 Å². The van der Waals surface area contributed by atoms with Crippen molar-refractivity contribution in [2.45, 2.75) is 98.0 Å². The van der Waals surface area contributed by atoms with Crippen molar-refractivity contribution in [3.8, 4) is 28.7 Å². The topological polar surface area (TPSA) is 158 Å². The largest absolute Gasteiger partial charge is 0.491 e. The van der Waals surface area contributed by atoms with Gasteiger partial charge in [-0.25, -0.2) is 19.0 Å². The second-order valence-corrected chi connectivity index (χ2v) is 16.6. The number of nitrogens with one attached hydrogen (secondary N) is 2. The fourth-order valence-corrected chi connectivity index (χ4v) is 6.09. The number of amides is 2. The molecule has 4 N–H and O–H groups in total. The van der Waals surface area contributed by atoms with Gasteiger partial charge in [-0.2, -0.15) is 18.4 Å². The summed E-state index contributed by atoms with van der Waals surface area (Å²) < 4.78 is 77.6. The number of methoxy groups -OCH3 is 1. The predicted octanol–water partition coefficient (Wildman–Crippen LogP) is 10.3. The van der Waals surface area contributed by atoms with Gasteiger partial charge in [0.2, 0.25) is 0 Å². The lowest BCUT2D eigenvalue weighted by molar-refractivity contribution is -0.139. The van der Waals surface area contributed by atoms with E-state index in [-0.39, 0.29) is 30.3 Å². The molecule has 1 heterocycles. The zero-order chi connectivity index (χ0) is 42.6. The van der Waals surface area contributed by atoms with Gasteiger partial charge in [0.15, 0.2) is 11.6 Å². The number of nitrogens with two attached hydrogens (primary N) is 1. The van der Waals surface area contributed by atoms with E-state index in [0.29, 0.717) is 30.1 Å². The molecule has 0 radical (unpaired) electrons. The highest BCUT2D eigenvalue weighted by atomic mass is 79.9.